The van der Waals surface area contributed by atoms with Crippen LogP contribution in [0, 0.1) is 0 Å². The summed E-state index contributed by atoms with van der Waals surface area (Å²) >= 11 is 2.96. The van der Waals surface area contributed by atoms with Crippen LogP contribution >= 0.6 is 23.1 Å². The summed E-state index contributed by atoms with van der Waals surface area (Å²) in [5.74, 6) is 0.348. The number of aromatic nitrogens is 1. The number of ether oxygens (including phenoxy) is 2. The molecule has 0 saturated carbocycles. The summed E-state index contributed by atoms with van der Waals surface area (Å²) < 4.78 is 13.6. The van der Waals surface area contributed by atoms with Crippen molar-refractivity contribution in [1.82, 2.24) is 4.57 Å². The molecular formula is C31H30N2O4S2. The van der Waals surface area contributed by atoms with Gasteiger partial charge in [-0.15, -0.1) is 11.8 Å². The van der Waals surface area contributed by atoms with Crippen molar-refractivity contribution in [2.24, 2.45) is 4.99 Å². The first-order valence-electron chi connectivity index (χ1n) is 12.8. The quantitative estimate of drug-likeness (QED) is 0.223. The third-order valence-electron chi connectivity index (χ3n) is 6.52. The van der Waals surface area contributed by atoms with E-state index >= 15 is 0 Å². The summed E-state index contributed by atoms with van der Waals surface area (Å²) in [7, 11) is 0. The van der Waals surface area contributed by atoms with Crippen LogP contribution in [0.15, 0.2) is 86.6 Å². The lowest BCUT2D eigenvalue weighted by atomic mass is 9.96. The molecule has 0 fully saturated rings. The van der Waals surface area contributed by atoms with Crippen molar-refractivity contribution in [2.45, 2.75) is 44.7 Å². The summed E-state index contributed by atoms with van der Waals surface area (Å²) in [5.41, 5.74) is 2.48. The molecule has 4 aromatic rings. The van der Waals surface area contributed by atoms with E-state index in [1.807, 2.05) is 93.8 Å². The summed E-state index contributed by atoms with van der Waals surface area (Å²) in [5, 5.41) is 1.98. The largest absolute Gasteiger partial charge is 0.493 e. The number of thioether (sulfide) groups is 1. The summed E-state index contributed by atoms with van der Waals surface area (Å²) in [4.78, 5) is 33.7. The molecule has 0 spiro atoms. The molecule has 2 heterocycles. The number of thiazole rings is 1. The molecule has 0 N–H and O–H groups in total. The third-order valence-corrected chi connectivity index (χ3v) is 8.25. The van der Waals surface area contributed by atoms with Gasteiger partial charge in [0, 0.05) is 10.3 Å². The first-order valence-corrected chi connectivity index (χ1v) is 14.9. The number of allylic oxidation sites excluding steroid dienone is 1. The molecule has 1 aliphatic heterocycles. The predicted octanol–water partition coefficient (Wildman–Crippen LogP) is 5.46. The fourth-order valence-corrected chi connectivity index (χ4v) is 6.25. The number of hydrogen-bond donors (Lipinski definition) is 0. The van der Waals surface area contributed by atoms with Crippen molar-refractivity contribution < 1.29 is 14.3 Å². The molecule has 0 aliphatic carbocycles. The zero-order valence-corrected chi connectivity index (χ0v) is 24.2. The number of esters is 1. The van der Waals surface area contributed by atoms with Crippen molar-refractivity contribution in [3.63, 3.8) is 0 Å². The average molecular weight is 559 g/mol. The van der Waals surface area contributed by atoms with Crippen LogP contribution in [0.1, 0.15) is 44.9 Å². The van der Waals surface area contributed by atoms with E-state index in [-0.39, 0.29) is 11.7 Å². The molecule has 6 nitrogen and oxygen atoms in total. The number of carbonyl (C=O) groups excluding carboxylic acids is 1. The molecule has 200 valence electrons. The number of hydrogen-bond acceptors (Lipinski definition) is 7. The summed E-state index contributed by atoms with van der Waals surface area (Å²) in [6.45, 7) is 7.96. The zero-order valence-electron chi connectivity index (χ0n) is 22.6. The highest BCUT2D eigenvalue weighted by molar-refractivity contribution is 7.98. The van der Waals surface area contributed by atoms with Gasteiger partial charge in [0.2, 0.25) is 0 Å². The molecule has 1 aromatic heterocycles. The lowest BCUT2D eigenvalue weighted by Gasteiger charge is -2.25. The van der Waals surface area contributed by atoms with Crippen LogP contribution in [0.5, 0.6) is 5.75 Å². The first-order chi connectivity index (χ1) is 18.8. The van der Waals surface area contributed by atoms with Crippen LogP contribution in [0.4, 0.5) is 0 Å². The maximum absolute atomic E-state index is 14.0. The van der Waals surface area contributed by atoms with Crippen LogP contribution in [0.2, 0.25) is 0 Å². The number of carbonyl (C=O) groups is 1. The van der Waals surface area contributed by atoms with Crippen LogP contribution < -0.4 is 19.6 Å². The van der Waals surface area contributed by atoms with Gasteiger partial charge in [-0.3, -0.25) is 9.36 Å². The van der Waals surface area contributed by atoms with Crippen LogP contribution in [-0.2, 0) is 9.53 Å². The van der Waals surface area contributed by atoms with E-state index < -0.39 is 12.0 Å². The van der Waals surface area contributed by atoms with Crippen LogP contribution in [0.25, 0.3) is 16.8 Å². The second kappa shape index (κ2) is 11.2. The molecule has 0 unspecified atom stereocenters. The Labute approximate surface area is 235 Å². The molecule has 0 amide bonds. The molecule has 39 heavy (non-hydrogen) atoms. The molecule has 3 aromatic carbocycles. The van der Waals surface area contributed by atoms with E-state index in [0.717, 1.165) is 32.5 Å². The monoisotopic (exact) mass is 558 g/mol. The fraction of sp³-hybridized carbons (Fsp3) is 0.258. The molecule has 0 bridgehead atoms. The Balaban J connectivity index is 1.71. The number of benzene rings is 3. The number of rotatable bonds is 7. The summed E-state index contributed by atoms with van der Waals surface area (Å²) in [6, 6.07) is 19.2. The minimum Gasteiger partial charge on any atom is -0.493 e. The topological polar surface area (TPSA) is 69.9 Å². The normalized spacial score (nSPS) is 15.4. The lowest BCUT2D eigenvalue weighted by molar-refractivity contribution is -0.143. The standard InChI is InChI=1S/C31H30N2O4S2/c1-6-36-25-16-13-21(23-9-7-8-10-24(23)25)17-26-29(34)33-28(20-11-14-22(38-5)15-12-20)27(30(35)37-18(2)3)19(4)32-31(33)39-26/h7-18,28H,6H2,1-5H3/b26-17+/t28-/m0/s1. The minimum atomic E-state index is -0.636. The van der Waals surface area contributed by atoms with E-state index in [0.29, 0.717) is 27.2 Å². The van der Waals surface area contributed by atoms with Gasteiger partial charge in [0.05, 0.1) is 34.6 Å². The van der Waals surface area contributed by atoms with Crippen molar-refractivity contribution >= 4 is 45.9 Å². The minimum absolute atomic E-state index is 0.196. The molecule has 0 saturated heterocycles. The van der Waals surface area contributed by atoms with E-state index in [1.54, 1.807) is 23.3 Å². The van der Waals surface area contributed by atoms with Crippen molar-refractivity contribution in [3.8, 4) is 5.75 Å². The molecule has 8 heteroatoms. The molecule has 1 atom stereocenters. The second-order valence-corrected chi connectivity index (χ2v) is 11.3. The highest BCUT2D eigenvalue weighted by atomic mass is 32.2. The molecular weight excluding hydrogens is 528 g/mol. The summed E-state index contributed by atoms with van der Waals surface area (Å²) in [6.07, 6.45) is 3.62. The van der Waals surface area contributed by atoms with Gasteiger partial charge in [0.1, 0.15) is 5.75 Å². The SMILES string of the molecule is CCOc1ccc(/C=c2/sc3n(c2=O)[C@@H](c2ccc(SC)cc2)C(C(=O)OC(C)C)=C(C)N=3)c2ccccc12. The number of fused-ring (bicyclic) bond motifs is 2. The van der Waals surface area contributed by atoms with Crippen molar-refractivity contribution in [1.29, 1.82) is 0 Å². The lowest BCUT2D eigenvalue weighted by Crippen LogP contribution is -2.40. The Hall–Kier alpha value is -3.62. The van der Waals surface area contributed by atoms with Gasteiger partial charge in [0.15, 0.2) is 4.80 Å². The number of nitrogens with zero attached hydrogens (tertiary/aromatic N) is 2. The highest BCUT2D eigenvalue weighted by Gasteiger charge is 2.33. The van der Waals surface area contributed by atoms with E-state index in [9.17, 15) is 9.59 Å². The Morgan fingerprint density at radius 1 is 1.10 bits per heavy atom. The zero-order chi connectivity index (χ0) is 27.7. The molecule has 5 rings (SSSR count). The van der Waals surface area contributed by atoms with Gasteiger partial charge in [-0.1, -0.05) is 53.8 Å². The van der Waals surface area contributed by atoms with Gasteiger partial charge < -0.3 is 9.47 Å². The Kier molecular flexibility index (Phi) is 7.77. The van der Waals surface area contributed by atoms with Gasteiger partial charge >= 0.3 is 5.97 Å². The highest BCUT2D eigenvalue weighted by Crippen LogP contribution is 2.32. The fourth-order valence-electron chi connectivity index (χ4n) is 4.81. The van der Waals surface area contributed by atoms with Crippen LogP contribution in [-0.4, -0.2) is 29.5 Å². The van der Waals surface area contributed by atoms with Crippen LogP contribution in [0.3, 0.4) is 0 Å². The molecule has 0 radical (unpaired) electrons. The van der Waals surface area contributed by atoms with Gasteiger partial charge in [-0.05, 0) is 74.7 Å². The maximum Gasteiger partial charge on any atom is 0.338 e. The smallest absolute Gasteiger partial charge is 0.338 e. The Bertz CT molecular complexity index is 1770. The predicted molar refractivity (Wildman–Crippen MR) is 158 cm³/mol. The Morgan fingerprint density at radius 2 is 1.82 bits per heavy atom. The van der Waals surface area contributed by atoms with Gasteiger partial charge in [0.25, 0.3) is 5.56 Å². The van der Waals surface area contributed by atoms with Gasteiger partial charge in [-0.2, -0.15) is 0 Å². The van der Waals surface area contributed by atoms with E-state index in [4.69, 9.17) is 14.5 Å². The first kappa shape index (κ1) is 27.0. The van der Waals surface area contributed by atoms with Crippen molar-refractivity contribution in [2.75, 3.05) is 12.9 Å². The van der Waals surface area contributed by atoms with E-state index in [2.05, 4.69) is 0 Å². The van der Waals surface area contributed by atoms with Crippen molar-refractivity contribution in [3.05, 3.63) is 103 Å². The average Bonchev–Trinajstić information content (AvgIpc) is 3.23. The van der Waals surface area contributed by atoms with E-state index in [1.165, 1.54) is 11.3 Å². The Morgan fingerprint density at radius 3 is 2.49 bits per heavy atom. The molecule has 1 aliphatic rings. The van der Waals surface area contributed by atoms with Gasteiger partial charge in [-0.25, -0.2) is 9.79 Å². The third kappa shape index (κ3) is 5.18. The second-order valence-electron chi connectivity index (χ2n) is 9.44. The maximum atomic E-state index is 14.0.